The van der Waals surface area contributed by atoms with E-state index in [1.54, 1.807) is 18.4 Å². The molecule has 19 heavy (non-hydrogen) atoms. The van der Waals surface area contributed by atoms with Gasteiger partial charge in [0.05, 0.1) is 12.2 Å². The molecule has 0 aliphatic heterocycles. The van der Waals surface area contributed by atoms with E-state index in [-0.39, 0.29) is 5.91 Å². The lowest BCUT2D eigenvalue weighted by atomic mass is 10.2. The van der Waals surface area contributed by atoms with Crippen molar-refractivity contribution >= 4 is 22.9 Å². The fraction of sp³-hybridized carbons (Fsp3) is 0.267. The van der Waals surface area contributed by atoms with E-state index in [4.69, 9.17) is 4.74 Å². The summed E-state index contributed by atoms with van der Waals surface area (Å²) < 4.78 is 5.08. The number of nitrogens with one attached hydrogen (secondary N) is 1. The number of methoxy groups -OCH3 is 1. The lowest BCUT2D eigenvalue weighted by Gasteiger charge is -2.07. The normalized spacial score (nSPS) is 10.5. The van der Waals surface area contributed by atoms with Gasteiger partial charge in [-0.1, -0.05) is 12.1 Å². The molecule has 0 saturated carbocycles. The maximum atomic E-state index is 12.2. The van der Waals surface area contributed by atoms with E-state index in [9.17, 15) is 4.79 Å². The number of anilines is 1. The highest BCUT2D eigenvalue weighted by molar-refractivity contribution is 7.12. The topological polar surface area (TPSA) is 38.3 Å². The molecule has 4 heteroatoms. The van der Waals surface area contributed by atoms with E-state index in [0.717, 1.165) is 26.6 Å². The maximum Gasteiger partial charge on any atom is 0.256 e. The van der Waals surface area contributed by atoms with E-state index in [1.165, 1.54) is 0 Å². The Morgan fingerprint density at radius 3 is 2.74 bits per heavy atom. The number of thiophene rings is 1. The number of benzene rings is 1. The molecule has 0 saturated heterocycles. The standard InChI is InChI=1S/C15H17NO2S/c1-10-7-14(11(2)19-10)15(17)16-13-6-4-5-12(8-13)9-18-3/h4-8H,9H2,1-3H3,(H,16,17). The van der Waals surface area contributed by atoms with E-state index in [0.29, 0.717) is 6.61 Å². The van der Waals surface area contributed by atoms with Gasteiger partial charge >= 0.3 is 0 Å². The summed E-state index contributed by atoms with van der Waals surface area (Å²) in [5.74, 6) is -0.0589. The van der Waals surface area contributed by atoms with Gasteiger partial charge in [-0.15, -0.1) is 11.3 Å². The summed E-state index contributed by atoms with van der Waals surface area (Å²) >= 11 is 1.64. The van der Waals surface area contributed by atoms with Crippen LogP contribution in [0.15, 0.2) is 30.3 Å². The Hall–Kier alpha value is -1.65. The molecule has 0 radical (unpaired) electrons. The van der Waals surface area contributed by atoms with Crippen LogP contribution in [0, 0.1) is 13.8 Å². The minimum Gasteiger partial charge on any atom is -0.380 e. The van der Waals surface area contributed by atoms with Crippen molar-refractivity contribution < 1.29 is 9.53 Å². The molecule has 2 rings (SSSR count). The van der Waals surface area contributed by atoms with Gasteiger partial charge in [0.25, 0.3) is 5.91 Å². The number of carbonyl (C=O) groups is 1. The predicted octanol–water partition coefficient (Wildman–Crippen LogP) is 3.76. The second kappa shape index (κ2) is 5.99. The van der Waals surface area contributed by atoms with Crippen molar-refractivity contribution in [3.63, 3.8) is 0 Å². The van der Waals surface area contributed by atoms with Gasteiger partial charge in [-0.05, 0) is 37.6 Å². The molecule has 0 aliphatic carbocycles. The third-order valence-corrected chi connectivity index (χ3v) is 3.75. The van der Waals surface area contributed by atoms with Gasteiger partial charge in [0.15, 0.2) is 0 Å². The van der Waals surface area contributed by atoms with Crippen LogP contribution >= 0.6 is 11.3 Å². The maximum absolute atomic E-state index is 12.2. The third kappa shape index (κ3) is 3.43. The van der Waals surface area contributed by atoms with Crippen LogP contribution < -0.4 is 5.32 Å². The summed E-state index contributed by atoms with van der Waals surface area (Å²) in [6, 6.07) is 9.62. The fourth-order valence-corrected chi connectivity index (χ4v) is 2.88. The summed E-state index contributed by atoms with van der Waals surface area (Å²) in [4.78, 5) is 14.4. The van der Waals surface area contributed by atoms with Crippen molar-refractivity contribution in [3.05, 3.63) is 51.2 Å². The van der Waals surface area contributed by atoms with Gasteiger partial charge in [-0.3, -0.25) is 4.79 Å². The minimum absolute atomic E-state index is 0.0589. The Balaban J connectivity index is 2.14. The van der Waals surface area contributed by atoms with Gasteiger partial charge in [0, 0.05) is 22.6 Å². The van der Waals surface area contributed by atoms with E-state index >= 15 is 0 Å². The number of hydrogen-bond donors (Lipinski definition) is 1. The quantitative estimate of drug-likeness (QED) is 0.922. The van der Waals surface area contributed by atoms with Crippen LogP contribution in [0.3, 0.4) is 0 Å². The zero-order valence-corrected chi connectivity index (χ0v) is 12.1. The third-order valence-electron chi connectivity index (χ3n) is 2.78. The van der Waals surface area contributed by atoms with Gasteiger partial charge in [0.1, 0.15) is 0 Å². The Labute approximate surface area is 117 Å². The average molecular weight is 275 g/mol. The van der Waals surface area contributed by atoms with Crippen LogP contribution in [-0.4, -0.2) is 13.0 Å². The molecule has 0 fully saturated rings. The van der Waals surface area contributed by atoms with E-state index in [1.807, 2.05) is 44.2 Å². The molecule has 1 amide bonds. The Morgan fingerprint density at radius 1 is 1.32 bits per heavy atom. The van der Waals surface area contributed by atoms with Crippen molar-refractivity contribution in [2.75, 3.05) is 12.4 Å². The van der Waals surface area contributed by atoms with Crippen molar-refractivity contribution in [2.24, 2.45) is 0 Å². The molecule has 1 aromatic carbocycles. The molecule has 0 bridgehead atoms. The average Bonchev–Trinajstić information content (AvgIpc) is 2.69. The Kier molecular flexibility index (Phi) is 4.35. The predicted molar refractivity (Wildman–Crippen MR) is 78.9 cm³/mol. The molecule has 0 spiro atoms. The molecular weight excluding hydrogens is 258 g/mol. The Bertz CT molecular complexity index is 590. The van der Waals surface area contributed by atoms with Gasteiger partial charge in [-0.2, -0.15) is 0 Å². The summed E-state index contributed by atoms with van der Waals surface area (Å²) in [5.41, 5.74) is 2.58. The molecule has 1 heterocycles. The second-order valence-electron chi connectivity index (χ2n) is 4.41. The molecule has 0 unspecified atom stereocenters. The highest BCUT2D eigenvalue weighted by Crippen LogP contribution is 2.22. The molecule has 1 aromatic heterocycles. The first-order valence-corrected chi connectivity index (χ1v) is 6.88. The highest BCUT2D eigenvalue weighted by atomic mass is 32.1. The number of ether oxygens (including phenoxy) is 1. The first-order chi connectivity index (χ1) is 9.10. The van der Waals surface area contributed by atoms with E-state index < -0.39 is 0 Å². The SMILES string of the molecule is COCc1cccc(NC(=O)c2cc(C)sc2C)c1. The summed E-state index contributed by atoms with van der Waals surface area (Å²) in [6.07, 6.45) is 0. The largest absolute Gasteiger partial charge is 0.380 e. The van der Waals surface area contributed by atoms with Crippen LogP contribution in [0.2, 0.25) is 0 Å². The molecular formula is C15H17NO2S. The van der Waals surface area contributed by atoms with Gasteiger partial charge < -0.3 is 10.1 Å². The van der Waals surface area contributed by atoms with Crippen molar-refractivity contribution in [3.8, 4) is 0 Å². The Morgan fingerprint density at radius 2 is 2.11 bits per heavy atom. The molecule has 3 nitrogen and oxygen atoms in total. The first-order valence-electron chi connectivity index (χ1n) is 6.06. The minimum atomic E-state index is -0.0589. The number of carbonyl (C=O) groups excluding carboxylic acids is 1. The van der Waals surface area contributed by atoms with Gasteiger partial charge in [0.2, 0.25) is 0 Å². The second-order valence-corrected chi connectivity index (χ2v) is 5.87. The zero-order valence-electron chi connectivity index (χ0n) is 11.3. The number of hydrogen-bond acceptors (Lipinski definition) is 3. The smallest absolute Gasteiger partial charge is 0.256 e. The van der Waals surface area contributed by atoms with Crippen LogP contribution in [0.4, 0.5) is 5.69 Å². The lowest BCUT2D eigenvalue weighted by Crippen LogP contribution is -2.12. The first kappa shape index (κ1) is 13.8. The molecule has 0 atom stereocenters. The van der Waals surface area contributed by atoms with Crippen molar-refractivity contribution in [2.45, 2.75) is 20.5 Å². The van der Waals surface area contributed by atoms with E-state index in [2.05, 4.69) is 5.32 Å². The number of aryl methyl sites for hydroxylation is 2. The molecule has 100 valence electrons. The monoisotopic (exact) mass is 275 g/mol. The summed E-state index contributed by atoms with van der Waals surface area (Å²) in [7, 11) is 1.66. The zero-order chi connectivity index (χ0) is 13.8. The number of amides is 1. The van der Waals surface area contributed by atoms with Gasteiger partial charge in [-0.25, -0.2) is 0 Å². The molecule has 1 N–H and O–H groups in total. The summed E-state index contributed by atoms with van der Waals surface area (Å²) in [5, 5.41) is 2.92. The molecule has 2 aromatic rings. The van der Waals surface area contributed by atoms with Crippen LogP contribution in [0.5, 0.6) is 0 Å². The fourth-order valence-electron chi connectivity index (χ4n) is 1.96. The van der Waals surface area contributed by atoms with Crippen molar-refractivity contribution in [1.29, 1.82) is 0 Å². The van der Waals surface area contributed by atoms with Crippen LogP contribution in [-0.2, 0) is 11.3 Å². The van der Waals surface area contributed by atoms with Crippen LogP contribution in [0.1, 0.15) is 25.7 Å². The van der Waals surface area contributed by atoms with Crippen LogP contribution in [0.25, 0.3) is 0 Å². The molecule has 0 aliphatic rings. The summed E-state index contributed by atoms with van der Waals surface area (Å²) in [6.45, 7) is 4.52. The lowest BCUT2D eigenvalue weighted by molar-refractivity contribution is 0.102. The number of rotatable bonds is 4. The highest BCUT2D eigenvalue weighted by Gasteiger charge is 2.12. The van der Waals surface area contributed by atoms with Crippen molar-refractivity contribution in [1.82, 2.24) is 0 Å².